The van der Waals surface area contributed by atoms with E-state index in [4.69, 9.17) is 5.26 Å². The molecule has 1 atom stereocenters. The van der Waals surface area contributed by atoms with Crippen molar-refractivity contribution in [3.63, 3.8) is 0 Å². The van der Waals surface area contributed by atoms with Crippen LogP contribution in [0.2, 0.25) is 0 Å². The van der Waals surface area contributed by atoms with Gasteiger partial charge in [0.1, 0.15) is 6.04 Å². The van der Waals surface area contributed by atoms with Gasteiger partial charge in [-0.3, -0.25) is 4.79 Å². The van der Waals surface area contributed by atoms with Gasteiger partial charge < -0.3 is 5.32 Å². The van der Waals surface area contributed by atoms with Crippen molar-refractivity contribution in [3.8, 4) is 6.07 Å². The SMILES string of the molecule is CC(C#N)NC(=O)Cc1csc(Cc2ccccc2)n1. The topological polar surface area (TPSA) is 65.8 Å². The third-order valence-electron chi connectivity index (χ3n) is 2.71. The second-order valence-electron chi connectivity index (χ2n) is 4.49. The van der Waals surface area contributed by atoms with Gasteiger partial charge in [-0.2, -0.15) is 5.26 Å². The Morgan fingerprint density at radius 1 is 1.45 bits per heavy atom. The summed E-state index contributed by atoms with van der Waals surface area (Å²) >= 11 is 1.55. The van der Waals surface area contributed by atoms with Crippen molar-refractivity contribution in [3.05, 3.63) is 52.0 Å². The highest BCUT2D eigenvalue weighted by Crippen LogP contribution is 2.15. The highest BCUT2D eigenvalue weighted by Gasteiger charge is 2.10. The van der Waals surface area contributed by atoms with Crippen LogP contribution in [-0.4, -0.2) is 16.9 Å². The highest BCUT2D eigenvalue weighted by molar-refractivity contribution is 7.09. The van der Waals surface area contributed by atoms with E-state index in [1.165, 1.54) is 5.56 Å². The Morgan fingerprint density at radius 3 is 2.90 bits per heavy atom. The van der Waals surface area contributed by atoms with Crippen molar-refractivity contribution >= 4 is 17.2 Å². The summed E-state index contributed by atoms with van der Waals surface area (Å²) in [6.45, 7) is 1.65. The molecule has 0 saturated carbocycles. The summed E-state index contributed by atoms with van der Waals surface area (Å²) in [5, 5.41) is 14.1. The number of hydrogen-bond acceptors (Lipinski definition) is 4. The predicted molar refractivity (Wildman–Crippen MR) is 78.3 cm³/mol. The summed E-state index contributed by atoms with van der Waals surface area (Å²) in [5.41, 5.74) is 1.96. The minimum atomic E-state index is -0.468. The Bertz CT molecular complexity index is 616. The van der Waals surface area contributed by atoms with Crippen LogP contribution in [0.4, 0.5) is 0 Å². The van der Waals surface area contributed by atoms with Gasteiger partial charge in [-0.1, -0.05) is 30.3 Å². The molecule has 1 aromatic heterocycles. The molecule has 0 bridgehead atoms. The lowest BCUT2D eigenvalue weighted by atomic mass is 10.2. The molecule has 2 rings (SSSR count). The van der Waals surface area contributed by atoms with Gasteiger partial charge in [0.05, 0.1) is 23.2 Å². The highest BCUT2D eigenvalue weighted by atomic mass is 32.1. The van der Waals surface area contributed by atoms with Crippen LogP contribution in [0.5, 0.6) is 0 Å². The molecule has 1 heterocycles. The number of aromatic nitrogens is 1. The molecule has 0 radical (unpaired) electrons. The monoisotopic (exact) mass is 285 g/mol. The molecule has 5 heteroatoms. The largest absolute Gasteiger partial charge is 0.340 e. The third-order valence-corrected chi connectivity index (χ3v) is 3.61. The quantitative estimate of drug-likeness (QED) is 0.916. The van der Waals surface area contributed by atoms with Crippen molar-refractivity contribution < 1.29 is 4.79 Å². The number of nitrogens with one attached hydrogen (secondary N) is 1. The van der Waals surface area contributed by atoms with E-state index in [0.717, 1.165) is 17.1 Å². The number of nitriles is 1. The molecular weight excluding hydrogens is 270 g/mol. The molecule has 102 valence electrons. The first-order valence-electron chi connectivity index (χ1n) is 6.33. The summed E-state index contributed by atoms with van der Waals surface area (Å²) in [6.07, 6.45) is 0.999. The van der Waals surface area contributed by atoms with Gasteiger partial charge in [-0.15, -0.1) is 11.3 Å². The minimum absolute atomic E-state index is 0.171. The lowest BCUT2D eigenvalue weighted by Gasteiger charge is -2.04. The van der Waals surface area contributed by atoms with Gasteiger partial charge >= 0.3 is 0 Å². The van der Waals surface area contributed by atoms with Crippen molar-refractivity contribution in [2.24, 2.45) is 0 Å². The summed E-state index contributed by atoms with van der Waals surface area (Å²) in [5.74, 6) is -0.171. The van der Waals surface area contributed by atoms with Crippen LogP contribution in [0.1, 0.15) is 23.2 Å². The van der Waals surface area contributed by atoms with E-state index < -0.39 is 6.04 Å². The van der Waals surface area contributed by atoms with E-state index in [0.29, 0.717) is 0 Å². The normalized spacial score (nSPS) is 11.6. The molecule has 4 nitrogen and oxygen atoms in total. The lowest BCUT2D eigenvalue weighted by molar-refractivity contribution is -0.120. The fraction of sp³-hybridized carbons (Fsp3) is 0.267. The molecule has 0 spiro atoms. The number of thiazole rings is 1. The number of amides is 1. The predicted octanol–water partition coefficient (Wildman–Crippen LogP) is 2.30. The smallest absolute Gasteiger partial charge is 0.227 e. The van der Waals surface area contributed by atoms with Crippen LogP contribution in [0, 0.1) is 11.3 Å². The van der Waals surface area contributed by atoms with Crippen LogP contribution in [0.15, 0.2) is 35.7 Å². The zero-order chi connectivity index (χ0) is 14.4. The van der Waals surface area contributed by atoms with Gasteiger partial charge in [0, 0.05) is 11.8 Å². The van der Waals surface area contributed by atoms with Crippen LogP contribution in [0.3, 0.4) is 0 Å². The molecular formula is C15H15N3OS. The van der Waals surface area contributed by atoms with Crippen molar-refractivity contribution in [1.29, 1.82) is 5.26 Å². The van der Waals surface area contributed by atoms with Crippen LogP contribution >= 0.6 is 11.3 Å². The van der Waals surface area contributed by atoms with E-state index in [-0.39, 0.29) is 12.3 Å². The molecule has 2 aromatic rings. The van der Waals surface area contributed by atoms with Gasteiger partial charge in [0.25, 0.3) is 0 Å². The molecule has 1 aromatic carbocycles. The Labute approximate surface area is 122 Å². The maximum atomic E-state index is 11.7. The van der Waals surface area contributed by atoms with E-state index >= 15 is 0 Å². The second kappa shape index (κ2) is 6.83. The standard InChI is InChI=1S/C15H15N3OS/c1-11(9-16)17-14(19)8-13-10-20-15(18-13)7-12-5-3-2-4-6-12/h2-6,10-11H,7-8H2,1H3,(H,17,19). The van der Waals surface area contributed by atoms with Crippen LogP contribution in [0.25, 0.3) is 0 Å². The molecule has 1 N–H and O–H groups in total. The zero-order valence-corrected chi connectivity index (χ0v) is 12.0. The van der Waals surface area contributed by atoms with Crippen LogP contribution in [-0.2, 0) is 17.6 Å². The number of rotatable bonds is 5. The Hall–Kier alpha value is -2.19. The van der Waals surface area contributed by atoms with E-state index in [1.807, 2.05) is 29.6 Å². The van der Waals surface area contributed by atoms with Gasteiger partial charge in [0.15, 0.2) is 0 Å². The molecule has 0 aliphatic carbocycles. The maximum Gasteiger partial charge on any atom is 0.227 e. The lowest BCUT2D eigenvalue weighted by Crippen LogP contribution is -2.32. The molecule has 0 aliphatic heterocycles. The first-order chi connectivity index (χ1) is 9.67. The summed E-state index contributed by atoms with van der Waals surface area (Å²) in [6, 6.07) is 11.6. The summed E-state index contributed by atoms with van der Waals surface area (Å²) < 4.78 is 0. The minimum Gasteiger partial charge on any atom is -0.340 e. The summed E-state index contributed by atoms with van der Waals surface area (Å²) in [4.78, 5) is 16.1. The second-order valence-corrected chi connectivity index (χ2v) is 5.43. The van der Waals surface area contributed by atoms with E-state index in [1.54, 1.807) is 18.3 Å². The molecule has 1 amide bonds. The zero-order valence-electron chi connectivity index (χ0n) is 11.2. The molecule has 0 saturated heterocycles. The van der Waals surface area contributed by atoms with Crippen LogP contribution < -0.4 is 5.32 Å². The maximum absolute atomic E-state index is 11.7. The molecule has 0 aliphatic rings. The Balaban J connectivity index is 1.93. The number of benzene rings is 1. The van der Waals surface area contributed by atoms with Gasteiger partial charge in [-0.25, -0.2) is 4.98 Å². The Kier molecular flexibility index (Phi) is 4.85. The number of carbonyl (C=O) groups excluding carboxylic acids is 1. The fourth-order valence-corrected chi connectivity index (χ4v) is 2.60. The summed E-state index contributed by atoms with van der Waals surface area (Å²) in [7, 11) is 0. The van der Waals surface area contributed by atoms with Gasteiger partial charge in [-0.05, 0) is 12.5 Å². The fourth-order valence-electron chi connectivity index (χ4n) is 1.77. The van der Waals surface area contributed by atoms with E-state index in [2.05, 4.69) is 22.4 Å². The first kappa shape index (κ1) is 14.2. The first-order valence-corrected chi connectivity index (χ1v) is 7.21. The van der Waals surface area contributed by atoms with Crippen molar-refractivity contribution in [2.45, 2.75) is 25.8 Å². The number of nitrogens with zero attached hydrogens (tertiary/aromatic N) is 2. The van der Waals surface area contributed by atoms with Gasteiger partial charge in [0.2, 0.25) is 5.91 Å². The van der Waals surface area contributed by atoms with E-state index in [9.17, 15) is 4.79 Å². The number of hydrogen-bond donors (Lipinski definition) is 1. The average molecular weight is 285 g/mol. The Morgan fingerprint density at radius 2 is 2.20 bits per heavy atom. The molecule has 20 heavy (non-hydrogen) atoms. The average Bonchev–Trinajstić information content (AvgIpc) is 2.86. The van der Waals surface area contributed by atoms with Crippen molar-refractivity contribution in [2.75, 3.05) is 0 Å². The third kappa shape index (κ3) is 4.18. The molecule has 1 unspecified atom stereocenters. The number of carbonyl (C=O) groups is 1. The molecule has 0 fully saturated rings. The van der Waals surface area contributed by atoms with Crippen molar-refractivity contribution in [1.82, 2.24) is 10.3 Å².